The standard InChI is InChI=1S/C22H21F30N3O8PS2/c1-3-54(65(57,58)21(49,50)17(39,40)13(31,32)9(23,24)11(27,28)15(35,36)19(43,44)45)5-7-61-64(56,63-53)62-8-6-55(4-2)66(59,60)22(51,52)18(41,42)14(33,34)10(25,26)12(29,30)16(37,38)20(46,47)48/h3-8H2,1-2,53H3/q+2. The smallest absolute Gasteiger partial charge is 0.535 e. The Labute approximate surface area is 346 Å². The number of quaternary nitrogens is 1. The molecule has 0 aromatic heterocycles. The van der Waals surface area contributed by atoms with E-state index in [1.807, 2.05) is 0 Å². The zero-order chi connectivity index (χ0) is 54.0. The molecule has 2 atom stereocenters. The number of rotatable bonds is 25. The first-order chi connectivity index (χ1) is 28.4. The number of phosphoric acid groups is 1. The molecule has 0 aliphatic carbocycles. The summed E-state index contributed by atoms with van der Waals surface area (Å²) in [6.07, 6.45) is -16.0. The van der Waals surface area contributed by atoms with Gasteiger partial charge in [0.2, 0.25) is 0 Å². The van der Waals surface area contributed by atoms with Crippen LogP contribution >= 0.6 is 8.17 Å². The van der Waals surface area contributed by atoms with Crippen LogP contribution in [0, 0.1) is 0 Å². The van der Waals surface area contributed by atoms with Crippen molar-refractivity contribution in [2.24, 2.45) is 0 Å². The summed E-state index contributed by atoms with van der Waals surface area (Å²) < 4.78 is 464. The molecule has 0 aliphatic heterocycles. The van der Waals surface area contributed by atoms with Crippen LogP contribution in [-0.4, -0.2) is 139 Å². The number of hydrogen-bond donors (Lipinski definition) is 1. The number of phosphoric ester groups is 1. The molecule has 0 aromatic carbocycles. The number of sulfonamides is 2. The molecule has 66 heavy (non-hydrogen) atoms. The molecule has 0 aromatic rings. The minimum atomic E-state index is -8.95. The van der Waals surface area contributed by atoms with E-state index in [1.165, 1.54) is 0 Å². The Morgan fingerprint density at radius 2 is 0.788 bits per heavy atom. The molecule has 0 saturated carbocycles. The number of hydrogen-bond acceptors (Lipinski definition) is 7. The predicted octanol–water partition coefficient (Wildman–Crippen LogP) is 7.63. The van der Waals surface area contributed by atoms with Gasteiger partial charge in [0, 0.05) is 19.6 Å². The van der Waals surface area contributed by atoms with Gasteiger partial charge in [-0.15, -0.1) is 8.78 Å². The van der Waals surface area contributed by atoms with Crippen molar-refractivity contribution in [1.29, 1.82) is 0 Å². The van der Waals surface area contributed by atoms with E-state index in [-0.39, 0.29) is 13.8 Å². The van der Waals surface area contributed by atoms with Crippen LogP contribution in [0.2, 0.25) is 0 Å². The summed E-state index contributed by atoms with van der Waals surface area (Å²) in [5.74, 6) is -85.2. The molecule has 0 bridgehead atoms. The Morgan fingerprint density at radius 1 is 0.500 bits per heavy atom. The molecule has 0 saturated heterocycles. The highest BCUT2D eigenvalue weighted by Crippen LogP contribution is 2.65. The lowest BCUT2D eigenvalue weighted by Crippen LogP contribution is -2.74. The van der Waals surface area contributed by atoms with Crippen molar-refractivity contribution in [2.45, 2.75) is 95.9 Å². The van der Waals surface area contributed by atoms with Gasteiger partial charge >= 0.3 is 101 Å². The third-order valence-corrected chi connectivity index (χ3v) is 13.3. The van der Waals surface area contributed by atoms with Gasteiger partial charge in [-0.2, -0.15) is 142 Å². The summed E-state index contributed by atoms with van der Waals surface area (Å²) in [4.78, 5) is 12.5. The van der Waals surface area contributed by atoms with E-state index in [9.17, 15) is 154 Å². The third-order valence-electron chi connectivity index (χ3n) is 7.97. The SMILES string of the molecule is CCN(CCO[P+]([O-])(O[NH3+])OCCN(CC)[S+]([O])(=O)C(F)(F)C(F)(F)C(F)(F)C(F)(F)C(F)(F)C(F)(F)C(F)(F)F)S(=O)(=O)C(F)(F)C(F)(F)C(F)(F)C(F)(F)C(F)(F)C(F)(F)C(F)(F)F. The summed E-state index contributed by atoms with van der Waals surface area (Å²) in [6, 6.07) is 0. The highest BCUT2D eigenvalue weighted by Gasteiger charge is 2.98. The van der Waals surface area contributed by atoms with Gasteiger partial charge in [-0.3, -0.25) is 0 Å². The fraction of sp³-hybridized carbons (Fsp3) is 1.00. The molecule has 0 fully saturated rings. The van der Waals surface area contributed by atoms with Crippen molar-refractivity contribution in [2.75, 3.05) is 39.4 Å². The lowest BCUT2D eigenvalue weighted by atomic mass is 9.94. The van der Waals surface area contributed by atoms with E-state index >= 15 is 0 Å². The lowest BCUT2D eigenvalue weighted by Gasteiger charge is -2.41. The topological polar surface area (TPSA) is 156 Å². The quantitative estimate of drug-likeness (QED) is 0.0427. The van der Waals surface area contributed by atoms with Gasteiger partial charge in [-0.05, 0) is 15.8 Å². The second kappa shape index (κ2) is 18.4. The maximum absolute atomic E-state index is 14.5. The fourth-order valence-electron chi connectivity index (χ4n) is 4.07. The van der Waals surface area contributed by atoms with Crippen LogP contribution in [0.1, 0.15) is 13.8 Å². The average Bonchev–Trinajstić information content (AvgIpc) is 3.12. The van der Waals surface area contributed by atoms with Crippen LogP contribution in [-0.2, 0) is 42.9 Å². The largest absolute Gasteiger partial charge is 0.601 e. The summed E-state index contributed by atoms with van der Waals surface area (Å²) in [5, 5.41) is -16.0. The Balaban J connectivity index is 6.55. The second-order valence-electron chi connectivity index (χ2n) is 12.0. The summed E-state index contributed by atoms with van der Waals surface area (Å²) in [6.45, 7) is -12.1. The summed E-state index contributed by atoms with van der Waals surface area (Å²) in [7, 11) is -21.8. The van der Waals surface area contributed by atoms with Gasteiger partial charge in [0.05, 0.1) is 11.1 Å². The Morgan fingerprint density at radius 3 is 1.08 bits per heavy atom. The molecule has 2 unspecified atom stereocenters. The van der Waals surface area contributed by atoms with Crippen molar-refractivity contribution in [3.05, 3.63) is 0 Å². The Hall–Kier alpha value is -1.89. The highest BCUT2D eigenvalue weighted by molar-refractivity contribution is 7.96. The van der Waals surface area contributed by atoms with E-state index in [4.69, 9.17) is 0 Å². The van der Waals surface area contributed by atoms with Crippen molar-refractivity contribution in [1.82, 2.24) is 8.61 Å². The van der Waals surface area contributed by atoms with E-state index in [2.05, 4.69) is 19.6 Å². The van der Waals surface area contributed by atoms with E-state index in [1.54, 1.807) is 0 Å². The first-order valence-corrected chi connectivity index (χ1v) is 19.7. The maximum atomic E-state index is 14.5. The monoisotopic (exact) mass is 1120 g/mol. The van der Waals surface area contributed by atoms with Crippen molar-refractivity contribution >= 4 is 28.6 Å². The molecule has 3 N–H and O–H groups in total. The molecule has 397 valence electrons. The molecule has 0 aliphatic rings. The summed E-state index contributed by atoms with van der Waals surface area (Å²) in [5.41, 5.74) is 0. The van der Waals surface area contributed by atoms with Gasteiger partial charge in [0.25, 0.3) is 10.0 Å². The zero-order valence-electron chi connectivity index (χ0n) is 30.7. The predicted molar refractivity (Wildman–Crippen MR) is 146 cm³/mol. The molecule has 1 radical (unpaired) electrons. The van der Waals surface area contributed by atoms with Crippen LogP contribution in [0.3, 0.4) is 0 Å². The van der Waals surface area contributed by atoms with Crippen molar-refractivity contribution < 1.29 is 173 Å². The normalized spacial score (nSPS) is 18.0. The molecule has 0 heterocycles. The molecular formula is C22H21F30N3O8PS2+2. The van der Waals surface area contributed by atoms with Crippen molar-refractivity contribution in [3.63, 3.8) is 0 Å². The van der Waals surface area contributed by atoms with Crippen LogP contribution in [0.15, 0.2) is 0 Å². The molecule has 44 heteroatoms. The minimum Gasteiger partial charge on any atom is -0.601 e. The van der Waals surface area contributed by atoms with Gasteiger partial charge < -0.3 is 4.89 Å². The van der Waals surface area contributed by atoms with E-state index < -0.39 is 159 Å². The first kappa shape index (κ1) is 64.1. The average molecular weight is 1120 g/mol. The van der Waals surface area contributed by atoms with Crippen LogP contribution < -0.4 is 10.8 Å². The van der Waals surface area contributed by atoms with Crippen LogP contribution in [0.25, 0.3) is 0 Å². The van der Waals surface area contributed by atoms with Gasteiger partial charge in [0.1, 0.15) is 13.2 Å². The van der Waals surface area contributed by atoms with Crippen molar-refractivity contribution in [3.8, 4) is 0 Å². The van der Waals surface area contributed by atoms with Gasteiger partial charge in [0.15, 0.2) is 0 Å². The maximum Gasteiger partial charge on any atom is 0.535 e. The lowest BCUT2D eigenvalue weighted by molar-refractivity contribution is -0.656. The number of nitrogens with zero attached hydrogens (tertiary/aromatic N) is 2. The third kappa shape index (κ3) is 9.40. The molecule has 11 nitrogen and oxygen atoms in total. The van der Waals surface area contributed by atoms with E-state index in [0.717, 1.165) is 0 Å². The molecule has 0 spiro atoms. The highest BCUT2D eigenvalue weighted by atomic mass is 32.3. The minimum absolute atomic E-state index is 0.198. The van der Waals surface area contributed by atoms with Gasteiger partial charge in [-0.25, -0.2) is 8.42 Å². The van der Waals surface area contributed by atoms with Crippen LogP contribution in [0.5, 0.6) is 0 Å². The van der Waals surface area contributed by atoms with E-state index in [0.29, 0.717) is 0 Å². The molecule has 0 amide bonds. The Bertz CT molecular complexity index is 1850. The fourth-order valence-corrected chi connectivity index (χ4v) is 7.77. The second-order valence-corrected chi connectivity index (χ2v) is 17.6. The number of likely N-dealkylation sites (N-methyl/N-ethyl adjacent to an activating group) is 2. The molecular weight excluding hydrogens is 1100 g/mol. The zero-order valence-corrected chi connectivity index (χ0v) is 33.2. The molecule has 0 rings (SSSR count). The summed E-state index contributed by atoms with van der Waals surface area (Å²) >= 11 is 0. The van der Waals surface area contributed by atoms with Gasteiger partial charge in [-0.1, -0.05) is 11.2 Å². The number of alkyl halides is 30. The Kier molecular flexibility index (Phi) is 17.8. The first-order valence-electron chi connectivity index (χ1n) is 15.4. The number of halogens is 30. The van der Waals surface area contributed by atoms with Crippen LogP contribution in [0.4, 0.5) is 132 Å².